The highest BCUT2D eigenvalue weighted by molar-refractivity contribution is 6.42. The van der Waals surface area contributed by atoms with Gasteiger partial charge in [-0.3, -0.25) is 9.78 Å². The molecule has 154 valence electrons. The van der Waals surface area contributed by atoms with Crippen LogP contribution >= 0.6 is 23.2 Å². The van der Waals surface area contributed by atoms with Crippen LogP contribution in [0, 0.1) is 0 Å². The number of benzene rings is 2. The Balaban J connectivity index is 0.000000248. The van der Waals surface area contributed by atoms with Crippen molar-refractivity contribution in [2.45, 2.75) is 45.4 Å². The van der Waals surface area contributed by atoms with Crippen LogP contribution in [0.15, 0.2) is 79.1 Å². The van der Waals surface area contributed by atoms with E-state index in [1.807, 2.05) is 48.5 Å². The molecule has 0 bridgehead atoms. The molecule has 0 saturated carbocycles. The van der Waals surface area contributed by atoms with E-state index >= 15 is 0 Å². The van der Waals surface area contributed by atoms with Gasteiger partial charge in [-0.15, -0.1) is 0 Å². The lowest BCUT2D eigenvalue weighted by Gasteiger charge is -2.31. The molecule has 0 radical (unpaired) electrons. The van der Waals surface area contributed by atoms with Crippen molar-refractivity contribution in [1.29, 1.82) is 0 Å². The van der Waals surface area contributed by atoms with Gasteiger partial charge in [-0.05, 0) is 54.5 Å². The molecule has 0 amide bonds. The summed E-state index contributed by atoms with van der Waals surface area (Å²) in [5.74, 6) is 0. The quantitative estimate of drug-likeness (QED) is 0.383. The van der Waals surface area contributed by atoms with Gasteiger partial charge in [-0.2, -0.15) is 0 Å². The van der Waals surface area contributed by atoms with Gasteiger partial charge in [-0.25, -0.2) is 0 Å². The summed E-state index contributed by atoms with van der Waals surface area (Å²) in [4.78, 5) is 13.8. The van der Waals surface area contributed by atoms with Crippen molar-refractivity contribution in [2.75, 3.05) is 0 Å². The van der Waals surface area contributed by atoms with Gasteiger partial charge in [0.05, 0.1) is 10.0 Å². The predicted molar refractivity (Wildman–Crippen MR) is 125 cm³/mol. The Morgan fingerprint density at radius 3 is 1.69 bits per heavy atom. The van der Waals surface area contributed by atoms with Gasteiger partial charge in [-0.1, -0.05) is 86.4 Å². The highest BCUT2D eigenvalue weighted by atomic mass is 35.5. The number of halogens is 2. The molecular weight excluding hydrogens is 401 g/mol. The Hall–Kier alpha value is -2.16. The second-order valence-corrected chi connectivity index (χ2v) is 7.34. The first-order chi connectivity index (χ1) is 14.0. The van der Waals surface area contributed by atoms with Crippen LogP contribution in [0.2, 0.25) is 10.0 Å². The van der Waals surface area contributed by atoms with Crippen LogP contribution in [-0.4, -0.2) is 11.3 Å². The lowest BCUT2D eigenvalue weighted by atomic mass is 9.74. The molecule has 0 unspecified atom stereocenters. The third-order valence-electron chi connectivity index (χ3n) is 5.06. The molecule has 29 heavy (non-hydrogen) atoms. The third kappa shape index (κ3) is 8.39. The average molecular weight is 430 g/mol. The zero-order chi connectivity index (χ0) is 21.5. The molecule has 2 nitrogen and oxygen atoms in total. The minimum atomic E-state index is 0.258. The zero-order valence-electron chi connectivity index (χ0n) is 17.3. The summed E-state index contributed by atoms with van der Waals surface area (Å²) in [7, 11) is 0. The van der Waals surface area contributed by atoms with Gasteiger partial charge in [0.2, 0.25) is 0 Å². The molecule has 0 aliphatic heterocycles. The first-order valence-electron chi connectivity index (χ1n) is 9.83. The average Bonchev–Trinajstić information content (AvgIpc) is 2.80. The monoisotopic (exact) mass is 429 g/mol. The standard InChI is InChI=1S/C13H18Cl2.C7H6O.C5H5N/c1-4-13(5-2,6-3)10-7-8-11(14)12(15)9-10;8-6-7-4-2-1-3-5-7;1-2-4-6-5-3-1/h7-9H,4-6H2,1-3H3;1-6H;1-5H. The highest BCUT2D eigenvalue weighted by Crippen LogP contribution is 2.37. The van der Waals surface area contributed by atoms with E-state index in [-0.39, 0.29) is 5.41 Å². The maximum absolute atomic E-state index is 10.0. The molecule has 4 heteroatoms. The summed E-state index contributed by atoms with van der Waals surface area (Å²) in [6.45, 7) is 6.69. The molecule has 2 aromatic carbocycles. The fourth-order valence-electron chi connectivity index (χ4n) is 3.03. The molecule has 0 saturated heterocycles. The van der Waals surface area contributed by atoms with E-state index in [9.17, 15) is 4.79 Å². The smallest absolute Gasteiger partial charge is 0.150 e. The summed E-state index contributed by atoms with van der Waals surface area (Å²) in [5, 5.41) is 1.30. The van der Waals surface area contributed by atoms with E-state index in [1.54, 1.807) is 24.5 Å². The van der Waals surface area contributed by atoms with Crippen LogP contribution in [-0.2, 0) is 5.41 Å². The van der Waals surface area contributed by atoms with Crippen LogP contribution in [0.5, 0.6) is 0 Å². The molecule has 0 spiro atoms. The van der Waals surface area contributed by atoms with Crippen molar-refractivity contribution in [3.63, 3.8) is 0 Å². The summed E-state index contributed by atoms with van der Waals surface area (Å²) in [6.07, 6.45) is 7.74. The first-order valence-corrected chi connectivity index (χ1v) is 10.6. The summed E-state index contributed by atoms with van der Waals surface area (Å²) < 4.78 is 0. The minimum Gasteiger partial charge on any atom is -0.298 e. The zero-order valence-corrected chi connectivity index (χ0v) is 18.8. The van der Waals surface area contributed by atoms with Gasteiger partial charge in [0.15, 0.2) is 0 Å². The van der Waals surface area contributed by atoms with Gasteiger partial charge in [0, 0.05) is 18.0 Å². The van der Waals surface area contributed by atoms with Crippen LogP contribution in [0.25, 0.3) is 0 Å². The van der Waals surface area contributed by atoms with Crippen molar-refractivity contribution < 1.29 is 4.79 Å². The van der Waals surface area contributed by atoms with E-state index in [4.69, 9.17) is 23.2 Å². The first kappa shape index (κ1) is 24.9. The number of aldehydes is 1. The lowest BCUT2D eigenvalue weighted by Crippen LogP contribution is -2.23. The number of carbonyl (C=O) groups excluding carboxylic acids is 1. The third-order valence-corrected chi connectivity index (χ3v) is 5.80. The second kappa shape index (κ2) is 13.9. The van der Waals surface area contributed by atoms with Gasteiger partial charge in [0.1, 0.15) is 6.29 Å². The largest absolute Gasteiger partial charge is 0.298 e. The summed E-state index contributed by atoms with van der Waals surface area (Å²) in [5.41, 5.74) is 2.30. The molecular formula is C25H29Cl2NO. The molecule has 3 aromatic rings. The Bertz CT molecular complexity index is 784. The number of hydrogen-bond donors (Lipinski definition) is 0. The van der Waals surface area contributed by atoms with Crippen molar-refractivity contribution in [1.82, 2.24) is 4.98 Å². The minimum absolute atomic E-state index is 0.258. The Morgan fingerprint density at radius 1 is 0.793 bits per heavy atom. The summed E-state index contributed by atoms with van der Waals surface area (Å²) in [6, 6.07) is 20.8. The predicted octanol–water partition coefficient (Wildman–Crippen LogP) is 8.04. The molecule has 0 atom stereocenters. The molecule has 1 heterocycles. The normalized spacial score (nSPS) is 10.1. The number of hydrogen-bond acceptors (Lipinski definition) is 2. The van der Waals surface area contributed by atoms with Crippen LogP contribution in [0.4, 0.5) is 0 Å². The van der Waals surface area contributed by atoms with Gasteiger partial charge < -0.3 is 0 Å². The maximum Gasteiger partial charge on any atom is 0.150 e. The van der Waals surface area contributed by atoms with Crippen LogP contribution < -0.4 is 0 Å². The topological polar surface area (TPSA) is 30.0 Å². The van der Waals surface area contributed by atoms with Crippen molar-refractivity contribution in [3.05, 3.63) is 100 Å². The fourth-order valence-corrected chi connectivity index (χ4v) is 3.33. The van der Waals surface area contributed by atoms with E-state index in [0.29, 0.717) is 10.0 Å². The van der Waals surface area contributed by atoms with E-state index < -0.39 is 0 Å². The fraction of sp³-hybridized carbons (Fsp3) is 0.280. The molecule has 0 fully saturated rings. The molecule has 0 aliphatic carbocycles. The SMILES string of the molecule is CCC(CC)(CC)c1ccc(Cl)c(Cl)c1.O=Cc1ccccc1.c1ccncc1. The van der Waals surface area contributed by atoms with Crippen molar-refractivity contribution in [2.24, 2.45) is 0 Å². The van der Waals surface area contributed by atoms with Crippen LogP contribution in [0.3, 0.4) is 0 Å². The van der Waals surface area contributed by atoms with E-state index in [1.165, 1.54) is 5.56 Å². The number of aromatic nitrogens is 1. The number of nitrogens with zero attached hydrogens (tertiary/aromatic N) is 1. The summed E-state index contributed by atoms with van der Waals surface area (Å²) >= 11 is 12.0. The maximum atomic E-state index is 10.0. The Kier molecular flexibility index (Phi) is 11.9. The van der Waals surface area contributed by atoms with Crippen molar-refractivity contribution in [3.8, 4) is 0 Å². The van der Waals surface area contributed by atoms with Gasteiger partial charge >= 0.3 is 0 Å². The second-order valence-electron chi connectivity index (χ2n) is 6.52. The van der Waals surface area contributed by atoms with E-state index in [0.717, 1.165) is 31.1 Å². The Morgan fingerprint density at radius 2 is 1.34 bits per heavy atom. The van der Waals surface area contributed by atoms with E-state index in [2.05, 4.69) is 31.8 Å². The molecule has 0 N–H and O–H groups in total. The molecule has 0 aliphatic rings. The number of pyridine rings is 1. The van der Waals surface area contributed by atoms with Crippen molar-refractivity contribution >= 4 is 29.5 Å². The number of rotatable bonds is 5. The van der Waals surface area contributed by atoms with Crippen LogP contribution in [0.1, 0.15) is 56.0 Å². The van der Waals surface area contributed by atoms with Gasteiger partial charge in [0.25, 0.3) is 0 Å². The molecule has 3 rings (SSSR count). The number of carbonyl (C=O) groups is 1. The molecule has 1 aromatic heterocycles. The Labute approximate surface area is 184 Å². The lowest BCUT2D eigenvalue weighted by molar-refractivity contribution is 0.112. The highest BCUT2D eigenvalue weighted by Gasteiger charge is 2.26.